The number of amides is 2. The van der Waals surface area contributed by atoms with E-state index in [0.717, 1.165) is 6.33 Å². The van der Waals surface area contributed by atoms with Crippen molar-refractivity contribution in [1.29, 1.82) is 0 Å². The van der Waals surface area contributed by atoms with Gasteiger partial charge in [-0.15, -0.1) is 0 Å². The maximum absolute atomic E-state index is 12.1. The van der Waals surface area contributed by atoms with Crippen LogP contribution in [0.2, 0.25) is 0 Å². The van der Waals surface area contributed by atoms with Crippen molar-refractivity contribution >= 4 is 29.0 Å². The topological polar surface area (TPSA) is 212 Å². The second-order valence-corrected chi connectivity index (χ2v) is 6.43. The van der Waals surface area contributed by atoms with E-state index >= 15 is 0 Å². The SMILES string of the molecule is CC(O)C(NC(=O)Nc1ncnc2c1ncn2C1O[C@H](CO)[C@@H](O)[C@H]1O)C(=O)O. The lowest BCUT2D eigenvalue weighted by atomic mass is 10.1. The van der Waals surface area contributed by atoms with Crippen LogP contribution in [0.5, 0.6) is 0 Å². The quantitative estimate of drug-likeness (QED) is 0.261. The van der Waals surface area contributed by atoms with Crippen LogP contribution in [0.4, 0.5) is 10.6 Å². The van der Waals surface area contributed by atoms with Gasteiger partial charge in [0, 0.05) is 0 Å². The average Bonchev–Trinajstić information content (AvgIpc) is 3.21. The van der Waals surface area contributed by atoms with Gasteiger partial charge in [0.25, 0.3) is 0 Å². The van der Waals surface area contributed by atoms with E-state index in [-0.39, 0.29) is 17.0 Å². The van der Waals surface area contributed by atoms with Crippen molar-refractivity contribution < 1.29 is 39.9 Å². The number of anilines is 1. The van der Waals surface area contributed by atoms with Crippen LogP contribution in [-0.4, -0.2) is 94.1 Å². The molecule has 1 fully saturated rings. The fourth-order valence-corrected chi connectivity index (χ4v) is 2.91. The third-order valence-electron chi connectivity index (χ3n) is 4.42. The van der Waals surface area contributed by atoms with Crippen molar-refractivity contribution in [3.8, 4) is 0 Å². The molecule has 2 aromatic rings. The van der Waals surface area contributed by atoms with E-state index in [2.05, 4.69) is 25.6 Å². The van der Waals surface area contributed by atoms with Gasteiger partial charge in [-0.3, -0.25) is 9.88 Å². The van der Waals surface area contributed by atoms with E-state index in [1.807, 2.05) is 0 Å². The second-order valence-electron chi connectivity index (χ2n) is 6.43. The molecule has 14 heteroatoms. The van der Waals surface area contributed by atoms with Gasteiger partial charge in [0.1, 0.15) is 24.6 Å². The highest BCUT2D eigenvalue weighted by Gasteiger charge is 2.44. The predicted octanol–water partition coefficient (Wildman–Crippen LogP) is -2.61. The summed E-state index contributed by atoms with van der Waals surface area (Å²) in [6, 6.07) is -2.48. The lowest BCUT2D eigenvalue weighted by Gasteiger charge is -2.17. The zero-order valence-corrected chi connectivity index (χ0v) is 15.1. The van der Waals surface area contributed by atoms with Crippen LogP contribution >= 0.6 is 0 Å². The summed E-state index contributed by atoms with van der Waals surface area (Å²) in [5, 5.41) is 52.2. The first kappa shape index (κ1) is 20.8. The van der Waals surface area contributed by atoms with Gasteiger partial charge in [0.05, 0.1) is 19.0 Å². The van der Waals surface area contributed by atoms with Crippen LogP contribution in [0.3, 0.4) is 0 Å². The Kier molecular flexibility index (Phi) is 5.90. The molecule has 14 nitrogen and oxygen atoms in total. The lowest BCUT2D eigenvalue weighted by Crippen LogP contribution is -2.49. The van der Waals surface area contributed by atoms with Gasteiger partial charge in [0.15, 0.2) is 29.3 Å². The minimum Gasteiger partial charge on any atom is -0.480 e. The Bertz CT molecular complexity index is 904. The molecule has 2 aromatic heterocycles. The summed E-state index contributed by atoms with van der Waals surface area (Å²) in [7, 11) is 0. The number of hydrogen-bond acceptors (Lipinski definition) is 10. The number of carboxylic acids is 1. The van der Waals surface area contributed by atoms with Gasteiger partial charge in [-0.25, -0.2) is 24.5 Å². The summed E-state index contributed by atoms with van der Waals surface area (Å²) in [5.74, 6) is -1.48. The van der Waals surface area contributed by atoms with Gasteiger partial charge in [-0.1, -0.05) is 0 Å². The molecule has 7 N–H and O–H groups in total. The number of carbonyl (C=O) groups excluding carboxylic acids is 1. The summed E-state index contributed by atoms with van der Waals surface area (Å²) in [6.45, 7) is 0.710. The maximum Gasteiger partial charge on any atom is 0.328 e. The summed E-state index contributed by atoms with van der Waals surface area (Å²) in [6.07, 6.45) is -3.75. The first-order valence-corrected chi connectivity index (χ1v) is 8.53. The molecule has 6 atom stereocenters. The number of fused-ring (bicyclic) bond motifs is 1. The average molecular weight is 412 g/mol. The van der Waals surface area contributed by atoms with Gasteiger partial charge in [0.2, 0.25) is 0 Å². The van der Waals surface area contributed by atoms with Crippen LogP contribution in [0.1, 0.15) is 13.2 Å². The first-order valence-electron chi connectivity index (χ1n) is 8.53. The Balaban J connectivity index is 1.83. The minimum absolute atomic E-state index is 0.0623. The number of aliphatic hydroxyl groups excluding tert-OH is 4. The zero-order valence-electron chi connectivity index (χ0n) is 15.1. The number of imidazole rings is 1. The molecule has 0 saturated carbocycles. The Morgan fingerprint density at radius 1 is 1.28 bits per heavy atom. The smallest absolute Gasteiger partial charge is 0.328 e. The summed E-state index contributed by atoms with van der Waals surface area (Å²) in [4.78, 5) is 35.2. The van der Waals surface area contributed by atoms with Gasteiger partial charge < -0.3 is 35.6 Å². The number of nitrogens with one attached hydrogen (secondary N) is 2. The van der Waals surface area contributed by atoms with Crippen LogP contribution in [0, 0.1) is 0 Å². The van der Waals surface area contributed by atoms with Crippen molar-refractivity contribution in [3.63, 3.8) is 0 Å². The molecule has 3 heterocycles. The Morgan fingerprint density at radius 3 is 2.59 bits per heavy atom. The van der Waals surface area contributed by atoms with Crippen LogP contribution in [-0.2, 0) is 9.53 Å². The number of aromatic nitrogens is 4. The summed E-state index contributed by atoms with van der Waals surface area (Å²) in [5.41, 5.74) is 0.250. The normalized spacial score (nSPS) is 26.2. The van der Waals surface area contributed by atoms with Crippen LogP contribution in [0.25, 0.3) is 11.2 Å². The molecule has 0 aromatic carbocycles. The molecule has 2 amide bonds. The molecular weight excluding hydrogens is 392 g/mol. The third-order valence-corrected chi connectivity index (χ3v) is 4.42. The third kappa shape index (κ3) is 3.96. The fourth-order valence-electron chi connectivity index (χ4n) is 2.91. The number of carbonyl (C=O) groups is 2. The van der Waals surface area contributed by atoms with E-state index in [1.54, 1.807) is 0 Å². The number of ether oxygens (including phenoxy) is 1. The number of aliphatic hydroxyl groups is 4. The zero-order chi connectivity index (χ0) is 21.3. The number of aliphatic carboxylic acids is 1. The van der Waals surface area contributed by atoms with Gasteiger partial charge >= 0.3 is 12.0 Å². The van der Waals surface area contributed by atoms with Crippen LogP contribution in [0.15, 0.2) is 12.7 Å². The molecule has 3 unspecified atom stereocenters. The maximum atomic E-state index is 12.1. The molecule has 158 valence electrons. The van der Waals surface area contributed by atoms with E-state index in [4.69, 9.17) is 9.84 Å². The van der Waals surface area contributed by atoms with E-state index < -0.39 is 55.3 Å². The van der Waals surface area contributed by atoms with Gasteiger partial charge in [-0.2, -0.15) is 0 Å². The fraction of sp³-hybridized carbons (Fsp3) is 0.533. The van der Waals surface area contributed by atoms with Crippen molar-refractivity contribution in [2.75, 3.05) is 11.9 Å². The largest absolute Gasteiger partial charge is 0.480 e. The number of hydrogen-bond donors (Lipinski definition) is 7. The molecule has 3 rings (SSSR count). The molecule has 0 aliphatic carbocycles. The Morgan fingerprint density at radius 2 is 2.00 bits per heavy atom. The monoisotopic (exact) mass is 412 g/mol. The molecule has 29 heavy (non-hydrogen) atoms. The highest BCUT2D eigenvalue weighted by atomic mass is 16.6. The van der Waals surface area contributed by atoms with Crippen molar-refractivity contribution in [2.24, 2.45) is 0 Å². The standard InChI is InChI=1S/C15H20N6O8/c1-5(23)7(14(26)27)19-15(28)20-11-8-12(17-3-16-11)21(4-18-8)13-10(25)9(24)6(2-22)29-13/h3-7,9-10,13,22-25H,2H2,1H3,(H,26,27)(H2,16,17,19,20,28)/t5?,6-,7?,9-,10-,13?/m1/s1. The number of nitrogens with zero attached hydrogens (tertiary/aromatic N) is 4. The van der Waals surface area contributed by atoms with Crippen molar-refractivity contribution in [1.82, 2.24) is 24.8 Å². The molecule has 0 bridgehead atoms. The van der Waals surface area contributed by atoms with Crippen LogP contribution < -0.4 is 10.6 Å². The summed E-state index contributed by atoms with van der Waals surface area (Å²) < 4.78 is 6.74. The molecule has 0 radical (unpaired) electrons. The summed E-state index contributed by atoms with van der Waals surface area (Å²) >= 11 is 0. The lowest BCUT2D eigenvalue weighted by molar-refractivity contribution is -0.141. The first-order chi connectivity index (χ1) is 13.7. The number of urea groups is 1. The second kappa shape index (κ2) is 8.22. The Labute approximate surface area is 162 Å². The minimum atomic E-state index is -1.54. The molecule has 1 saturated heterocycles. The van der Waals surface area contributed by atoms with Crippen molar-refractivity contribution in [3.05, 3.63) is 12.7 Å². The highest BCUT2D eigenvalue weighted by Crippen LogP contribution is 2.32. The molecule has 1 aliphatic rings. The molecular formula is C15H20N6O8. The van der Waals surface area contributed by atoms with E-state index in [0.29, 0.717) is 0 Å². The molecule has 1 aliphatic heterocycles. The predicted molar refractivity (Wildman–Crippen MR) is 93.6 cm³/mol. The highest BCUT2D eigenvalue weighted by molar-refractivity contribution is 5.97. The van der Waals surface area contributed by atoms with Crippen molar-refractivity contribution in [2.45, 2.75) is 43.6 Å². The van der Waals surface area contributed by atoms with E-state index in [9.17, 15) is 30.0 Å². The van der Waals surface area contributed by atoms with Gasteiger partial charge in [-0.05, 0) is 6.92 Å². The Hall–Kier alpha value is -2.91. The van der Waals surface area contributed by atoms with E-state index in [1.165, 1.54) is 17.8 Å². The molecule has 0 spiro atoms. The number of rotatable bonds is 6. The number of carboxylic acid groups (broad SMARTS) is 1.